The van der Waals surface area contributed by atoms with Crippen molar-refractivity contribution in [2.24, 2.45) is 5.92 Å². The van der Waals surface area contributed by atoms with Gasteiger partial charge in [-0.3, -0.25) is 14.7 Å². The molecule has 0 bridgehead atoms. The summed E-state index contributed by atoms with van der Waals surface area (Å²) in [6.07, 6.45) is 4.70. The number of carbonyl (C=O) groups excluding carboxylic acids is 1. The van der Waals surface area contributed by atoms with E-state index in [-0.39, 0.29) is 30.3 Å². The molecule has 0 saturated carbocycles. The van der Waals surface area contributed by atoms with Crippen molar-refractivity contribution in [3.05, 3.63) is 82.4 Å². The van der Waals surface area contributed by atoms with Crippen LogP contribution in [-0.4, -0.2) is 70.3 Å². The van der Waals surface area contributed by atoms with Crippen molar-refractivity contribution in [2.45, 2.75) is 38.9 Å². The Labute approximate surface area is 272 Å². The zero-order valence-corrected chi connectivity index (χ0v) is 26.6. The Bertz CT molecular complexity index is 1730. The number of benzene rings is 1. The molecule has 1 aromatic carbocycles. The van der Waals surface area contributed by atoms with Crippen LogP contribution in [0.2, 0.25) is 5.02 Å². The van der Waals surface area contributed by atoms with Gasteiger partial charge >= 0.3 is 0 Å². The molecule has 5 heterocycles. The molecule has 1 atom stereocenters. The number of hydrogen-bond acceptors (Lipinski definition) is 9. The van der Waals surface area contributed by atoms with Gasteiger partial charge in [-0.05, 0) is 43.2 Å². The molecule has 240 valence electrons. The SMILES string of the molecule is COc1nc(-c2ccnc(-c3cccc(Nc4nccc(CN5CC(CO)C5)c4F)c3Cl)c2C)ccc1CNC[C@H]1CCC(=O)N1. The lowest BCUT2D eigenvalue weighted by atomic mass is 9.99. The van der Waals surface area contributed by atoms with Gasteiger partial charge in [-0.1, -0.05) is 29.8 Å². The zero-order chi connectivity index (χ0) is 32.2. The molecule has 2 aliphatic heterocycles. The predicted molar refractivity (Wildman–Crippen MR) is 175 cm³/mol. The summed E-state index contributed by atoms with van der Waals surface area (Å²) in [5.41, 5.74) is 5.78. The highest BCUT2D eigenvalue weighted by atomic mass is 35.5. The van der Waals surface area contributed by atoms with Gasteiger partial charge in [0.25, 0.3) is 0 Å². The molecule has 0 radical (unpaired) electrons. The van der Waals surface area contributed by atoms with Gasteiger partial charge in [0.1, 0.15) is 0 Å². The lowest BCUT2D eigenvalue weighted by Crippen LogP contribution is -2.47. The number of aliphatic hydroxyl groups is 1. The second-order valence-corrected chi connectivity index (χ2v) is 12.2. The number of ether oxygens (including phenoxy) is 1. The van der Waals surface area contributed by atoms with Crippen LogP contribution in [0.15, 0.2) is 54.9 Å². The van der Waals surface area contributed by atoms with Gasteiger partial charge < -0.3 is 25.8 Å². The van der Waals surface area contributed by atoms with E-state index in [4.69, 9.17) is 21.3 Å². The van der Waals surface area contributed by atoms with E-state index in [1.54, 1.807) is 31.6 Å². The standard InChI is InChI=1S/C34H37ClFN7O3/c1-20-25(27-8-6-22(34(42-27)46-2)14-37-15-24-7-9-29(45)40-24)11-13-38-32(20)26-4-3-5-28(30(26)35)41-33-31(36)23(10-12-39-33)18-43-16-21(17-43)19-44/h3-6,8,10-13,21,24,37,44H,7,9,14-19H2,1-2H3,(H,39,41)(H,40,45)/t24-/m1/s1. The molecule has 0 aliphatic carbocycles. The molecule has 12 heteroatoms. The number of nitrogens with zero attached hydrogens (tertiary/aromatic N) is 4. The largest absolute Gasteiger partial charge is 0.481 e. The summed E-state index contributed by atoms with van der Waals surface area (Å²) in [4.78, 5) is 27.3. The molecule has 46 heavy (non-hydrogen) atoms. The number of amides is 1. The Balaban J connectivity index is 1.20. The van der Waals surface area contributed by atoms with Crippen molar-refractivity contribution >= 4 is 29.0 Å². The Hall–Kier alpha value is -4.16. The summed E-state index contributed by atoms with van der Waals surface area (Å²) >= 11 is 6.93. The second kappa shape index (κ2) is 14.1. The molecule has 2 saturated heterocycles. The van der Waals surface area contributed by atoms with Crippen LogP contribution < -0.4 is 20.7 Å². The van der Waals surface area contributed by atoms with E-state index in [1.165, 1.54) is 0 Å². The predicted octanol–water partition coefficient (Wildman–Crippen LogP) is 4.85. The van der Waals surface area contributed by atoms with Gasteiger partial charge in [0, 0.05) is 92.4 Å². The highest BCUT2D eigenvalue weighted by molar-refractivity contribution is 6.36. The van der Waals surface area contributed by atoms with Gasteiger partial charge in [-0.25, -0.2) is 14.4 Å². The summed E-state index contributed by atoms with van der Waals surface area (Å²) in [7, 11) is 1.60. The number of aliphatic hydroxyl groups excluding tert-OH is 1. The molecule has 1 amide bonds. The number of nitrogens with one attached hydrogen (secondary N) is 3. The third-order valence-corrected chi connectivity index (χ3v) is 8.97. The van der Waals surface area contributed by atoms with Gasteiger partial charge in [-0.15, -0.1) is 0 Å². The minimum atomic E-state index is -0.434. The van der Waals surface area contributed by atoms with Crippen LogP contribution in [-0.2, 0) is 17.9 Å². The highest BCUT2D eigenvalue weighted by Gasteiger charge is 2.27. The van der Waals surface area contributed by atoms with Crippen molar-refractivity contribution in [1.29, 1.82) is 0 Å². The monoisotopic (exact) mass is 645 g/mol. The fourth-order valence-corrected chi connectivity index (χ4v) is 6.28. The van der Waals surface area contributed by atoms with E-state index in [0.29, 0.717) is 59.5 Å². The van der Waals surface area contributed by atoms with Gasteiger partial charge in [0.2, 0.25) is 11.8 Å². The molecule has 3 aromatic heterocycles. The summed E-state index contributed by atoms with van der Waals surface area (Å²) in [5.74, 6) is 0.517. The first-order valence-electron chi connectivity index (χ1n) is 15.4. The highest BCUT2D eigenvalue weighted by Crippen LogP contribution is 2.38. The number of pyridine rings is 3. The van der Waals surface area contributed by atoms with Crippen LogP contribution in [0.4, 0.5) is 15.9 Å². The number of hydrogen-bond donors (Lipinski definition) is 4. The molecule has 6 rings (SSSR count). The minimum Gasteiger partial charge on any atom is -0.481 e. The summed E-state index contributed by atoms with van der Waals surface area (Å²) in [6.45, 7) is 5.27. The van der Waals surface area contributed by atoms with Gasteiger partial charge in [0.05, 0.1) is 29.2 Å². The number of carbonyl (C=O) groups is 1. The molecular weight excluding hydrogens is 609 g/mol. The third-order valence-electron chi connectivity index (χ3n) is 8.56. The van der Waals surface area contributed by atoms with Crippen LogP contribution in [0.1, 0.15) is 29.5 Å². The van der Waals surface area contributed by atoms with Crippen molar-refractivity contribution in [3.63, 3.8) is 0 Å². The Morgan fingerprint density at radius 2 is 1.93 bits per heavy atom. The molecule has 4 N–H and O–H groups in total. The first-order valence-corrected chi connectivity index (χ1v) is 15.7. The first kappa shape index (κ1) is 31.8. The van der Waals surface area contributed by atoms with E-state index < -0.39 is 5.82 Å². The Morgan fingerprint density at radius 1 is 1.11 bits per heavy atom. The number of aromatic nitrogens is 3. The number of likely N-dealkylation sites (tertiary alicyclic amines) is 1. The quantitative estimate of drug-likeness (QED) is 0.171. The summed E-state index contributed by atoms with van der Waals surface area (Å²) < 4.78 is 21.1. The fraction of sp³-hybridized carbons (Fsp3) is 0.353. The lowest BCUT2D eigenvalue weighted by molar-refractivity contribution is -0.119. The molecular formula is C34H37ClFN7O3. The van der Waals surface area contributed by atoms with E-state index >= 15 is 4.39 Å². The van der Waals surface area contributed by atoms with Gasteiger partial charge in [-0.2, -0.15) is 0 Å². The Morgan fingerprint density at radius 3 is 2.70 bits per heavy atom. The van der Waals surface area contributed by atoms with Crippen LogP contribution in [0, 0.1) is 18.7 Å². The summed E-state index contributed by atoms with van der Waals surface area (Å²) in [5, 5.41) is 19.1. The smallest absolute Gasteiger partial charge is 0.220 e. The van der Waals surface area contributed by atoms with Gasteiger partial charge in [0.15, 0.2) is 11.6 Å². The zero-order valence-electron chi connectivity index (χ0n) is 25.8. The molecule has 4 aromatic rings. The average Bonchev–Trinajstić information content (AvgIpc) is 3.46. The third kappa shape index (κ3) is 6.82. The number of methoxy groups -OCH3 is 1. The maximum atomic E-state index is 15.5. The van der Waals surface area contributed by atoms with E-state index in [1.807, 2.05) is 37.3 Å². The van der Waals surface area contributed by atoms with Crippen molar-refractivity contribution in [1.82, 2.24) is 30.5 Å². The molecule has 0 spiro atoms. The lowest BCUT2D eigenvalue weighted by Gasteiger charge is -2.38. The van der Waals surface area contributed by atoms with Crippen molar-refractivity contribution in [3.8, 4) is 28.4 Å². The van der Waals surface area contributed by atoms with Crippen molar-refractivity contribution < 1.29 is 19.0 Å². The molecule has 2 fully saturated rings. The van der Waals surface area contributed by atoms with Crippen LogP contribution >= 0.6 is 11.6 Å². The van der Waals surface area contributed by atoms with Crippen LogP contribution in [0.3, 0.4) is 0 Å². The number of rotatable bonds is 12. The first-order chi connectivity index (χ1) is 22.3. The summed E-state index contributed by atoms with van der Waals surface area (Å²) in [6, 6.07) is 13.2. The van der Waals surface area contributed by atoms with Crippen LogP contribution in [0.25, 0.3) is 22.5 Å². The van der Waals surface area contributed by atoms with E-state index in [9.17, 15) is 9.90 Å². The molecule has 0 unspecified atom stereocenters. The molecule has 10 nitrogen and oxygen atoms in total. The van der Waals surface area contributed by atoms with E-state index in [2.05, 4.69) is 30.8 Å². The fourth-order valence-electron chi connectivity index (χ4n) is 6.02. The molecule has 2 aliphatic rings. The maximum Gasteiger partial charge on any atom is 0.220 e. The van der Waals surface area contributed by atoms with E-state index in [0.717, 1.165) is 41.9 Å². The van der Waals surface area contributed by atoms with Crippen LogP contribution in [0.5, 0.6) is 5.88 Å². The normalized spacial score (nSPS) is 16.7. The van der Waals surface area contributed by atoms with Crippen molar-refractivity contribution in [2.75, 3.05) is 38.7 Å². The Kier molecular flexibility index (Phi) is 9.74. The topological polar surface area (TPSA) is 125 Å². The number of halogens is 2. The average molecular weight is 646 g/mol. The number of anilines is 2. The minimum absolute atomic E-state index is 0.0908. The second-order valence-electron chi connectivity index (χ2n) is 11.8. The maximum absolute atomic E-state index is 15.5.